The van der Waals surface area contributed by atoms with Crippen LogP contribution in [0.2, 0.25) is 0 Å². The van der Waals surface area contributed by atoms with Gasteiger partial charge in [-0.1, -0.05) is 24.3 Å². The van der Waals surface area contributed by atoms with E-state index >= 15 is 0 Å². The Kier molecular flexibility index (Phi) is 2.70. The standard InChI is InChI=1S/C15H13N3/c16-9-13-5-6-14(10-17-13)18-15-7-11-3-1-2-4-12(11)8-15/h1-6,10,15,18H,7-8H2. The van der Waals surface area contributed by atoms with E-state index in [-0.39, 0.29) is 0 Å². The van der Waals surface area contributed by atoms with Crippen molar-refractivity contribution in [2.75, 3.05) is 5.32 Å². The molecule has 0 aliphatic heterocycles. The molecule has 3 nitrogen and oxygen atoms in total. The van der Waals surface area contributed by atoms with Crippen LogP contribution in [0, 0.1) is 11.3 Å². The number of aromatic nitrogens is 1. The first-order chi connectivity index (χ1) is 8.85. The number of hydrogen-bond acceptors (Lipinski definition) is 3. The first-order valence-corrected chi connectivity index (χ1v) is 6.04. The third kappa shape index (κ3) is 2.05. The number of rotatable bonds is 2. The van der Waals surface area contributed by atoms with Gasteiger partial charge < -0.3 is 5.32 Å². The number of benzene rings is 1. The summed E-state index contributed by atoms with van der Waals surface area (Å²) >= 11 is 0. The van der Waals surface area contributed by atoms with E-state index in [1.165, 1.54) is 11.1 Å². The van der Waals surface area contributed by atoms with Gasteiger partial charge in [-0.3, -0.25) is 0 Å². The van der Waals surface area contributed by atoms with E-state index in [4.69, 9.17) is 5.26 Å². The highest BCUT2D eigenvalue weighted by Crippen LogP contribution is 2.24. The van der Waals surface area contributed by atoms with E-state index in [2.05, 4.69) is 34.6 Å². The summed E-state index contributed by atoms with van der Waals surface area (Å²) in [7, 11) is 0. The van der Waals surface area contributed by atoms with Crippen LogP contribution in [0.5, 0.6) is 0 Å². The van der Waals surface area contributed by atoms with Crippen molar-refractivity contribution in [3.63, 3.8) is 0 Å². The molecule has 0 spiro atoms. The lowest BCUT2D eigenvalue weighted by Gasteiger charge is -2.12. The van der Waals surface area contributed by atoms with Gasteiger partial charge in [0.2, 0.25) is 0 Å². The minimum atomic E-state index is 0.428. The Labute approximate surface area is 106 Å². The largest absolute Gasteiger partial charge is 0.380 e. The van der Waals surface area contributed by atoms with Gasteiger partial charge in [-0.05, 0) is 36.1 Å². The quantitative estimate of drug-likeness (QED) is 0.870. The molecule has 0 atom stereocenters. The molecule has 0 saturated carbocycles. The van der Waals surface area contributed by atoms with Gasteiger partial charge >= 0.3 is 0 Å². The first-order valence-electron chi connectivity index (χ1n) is 6.04. The molecule has 1 aromatic carbocycles. The number of nitrogens with one attached hydrogen (secondary N) is 1. The molecule has 3 heteroatoms. The summed E-state index contributed by atoms with van der Waals surface area (Å²) in [6.45, 7) is 0. The van der Waals surface area contributed by atoms with Crippen LogP contribution in [-0.2, 0) is 12.8 Å². The number of pyridine rings is 1. The Morgan fingerprint density at radius 3 is 2.39 bits per heavy atom. The fraction of sp³-hybridized carbons (Fsp3) is 0.200. The summed E-state index contributed by atoms with van der Waals surface area (Å²) in [5.41, 5.74) is 4.29. The Balaban J connectivity index is 1.70. The molecular formula is C15H13N3. The lowest BCUT2D eigenvalue weighted by Crippen LogP contribution is -2.19. The number of nitrogens with zero attached hydrogens (tertiary/aromatic N) is 2. The maximum Gasteiger partial charge on any atom is 0.140 e. The van der Waals surface area contributed by atoms with Gasteiger partial charge in [0.15, 0.2) is 0 Å². The van der Waals surface area contributed by atoms with Crippen LogP contribution in [0.3, 0.4) is 0 Å². The van der Waals surface area contributed by atoms with E-state index in [0.717, 1.165) is 18.5 Å². The Hall–Kier alpha value is -2.34. The van der Waals surface area contributed by atoms with E-state index in [0.29, 0.717) is 11.7 Å². The molecule has 0 unspecified atom stereocenters. The van der Waals surface area contributed by atoms with Crippen LogP contribution in [0.4, 0.5) is 5.69 Å². The minimum Gasteiger partial charge on any atom is -0.380 e. The summed E-state index contributed by atoms with van der Waals surface area (Å²) in [4.78, 5) is 4.06. The molecule has 18 heavy (non-hydrogen) atoms. The second-order valence-electron chi connectivity index (χ2n) is 4.56. The average molecular weight is 235 g/mol. The van der Waals surface area contributed by atoms with Gasteiger partial charge in [0.25, 0.3) is 0 Å². The van der Waals surface area contributed by atoms with Crippen molar-refractivity contribution in [1.82, 2.24) is 4.98 Å². The summed E-state index contributed by atoms with van der Waals surface area (Å²) in [6.07, 6.45) is 3.83. The number of fused-ring (bicyclic) bond motifs is 1. The zero-order valence-electron chi connectivity index (χ0n) is 9.93. The predicted molar refractivity (Wildman–Crippen MR) is 70.2 cm³/mol. The molecule has 1 aliphatic carbocycles. The normalized spacial score (nSPS) is 13.9. The lowest BCUT2D eigenvalue weighted by atomic mass is 10.1. The minimum absolute atomic E-state index is 0.428. The number of nitriles is 1. The second kappa shape index (κ2) is 4.50. The van der Waals surface area contributed by atoms with Gasteiger partial charge in [-0.15, -0.1) is 0 Å². The van der Waals surface area contributed by atoms with Gasteiger partial charge in [-0.2, -0.15) is 5.26 Å². The Bertz CT molecular complexity index is 571. The summed E-state index contributed by atoms with van der Waals surface area (Å²) < 4.78 is 0. The maximum absolute atomic E-state index is 8.70. The molecule has 1 aromatic heterocycles. The molecule has 88 valence electrons. The zero-order chi connectivity index (χ0) is 12.4. The third-order valence-corrected chi connectivity index (χ3v) is 3.30. The smallest absolute Gasteiger partial charge is 0.140 e. The van der Waals surface area contributed by atoms with Crippen molar-refractivity contribution in [1.29, 1.82) is 5.26 Å². The molecule has 0 bridgehead atoms. The van der Waals surface area contributed by atoms with E-state index in [9.17, 15) is 0 Å². The van der Waals surface area contributed by atoms with Crippen molar-refractivity contribution >= 4 is 5.69 Å². The first kappa shape index (κ1) is 10.8. The molecule has 1 N–H and O–H groups in total. The average Bonchev–Trinajstić information content (AvgIpc) is 2.82. The zero-order valence-corrected chi connectivity index (χ0v) is 9.93. The van der Waals surface area contributed by atoms with Gasteiger partial charge in [0, 0.05) is 6.04 Å². The highest BCUT2D eigenvalue weighted by atomic mass is 14.9. The highest BCUT2D eigenvalue weighted by molar-refractivity contribution is 5.46. The van der Waals surface area contributed by atoms with Crippen LogP contribution in [0.25, 0.3) is 0 Å². The second-order valence-corrected chi connectivity index (χ2v) is 4.56. The van der Waals surface area contributed by atoms with Gasteiger partial charge in [0.05, 0.1) is 11.9 Å². The summed E-state index contributed by atoms with van der Waals surface area (Å²) in [5.74, 6) is 0. The lowest BCUT2D eigenvalue weighted by molar-refractivity contribution is 0.773. The van der Waals surface area contributed by atoms with Crippen molar-refractivity contribution in [3.8, 4) is 6.07 Å². The van der Waals surface area contributed by atoms with Crippen LogP contribution < -0.4 is 5.32 Å². The maximum atomic E-state index is 8.70. The molecule has 0 fully saturated rings. The molecular weight excluding hydrogens is 222 g/mol. The topological polar surface area (TPSA) is 48.7 Å². The summed E-state index contributed by atoms with van der Waals surface area (Å²) in [6, 6.07) is 14.7. The van der Waals surface area contributed by atoms with Crippen LogP contribution in [0.15, 0.2) is 42.6 Å². The molecule has 0 saturated heterocycles. The molecule has 0 amide bonds. The third-order valence-electron chi connectivity index (χ3n) is 3.30. The Morgan fingerprint density at radius 1 is 1.11 bits per heavy atom. The van der Waals surface area contributed by atoms with Crippen LogP contribution >= 0.6 is 0 Å². The van der Waals surface area contributed by atoms with Gasteiger partial charge in [0.1, 0.15) is 11.8 Å². The van der Waals surface area contributed by atoms with Crippen molar-refractivity contribution in [3.05, 3.63) is 59.4 Å². The van der Waals surface area contributed by atoms with E-state index in [1.54, 1.807) is 12.3 Å². The monoisotopic (exact) mass is 235 g/mol. The fourth-order valence-electron chi connectivity index (χ4n) is 2.44. The predicted octanol–water partition coefficient (Wildman–Crippen LogP) is 2.53. The molecule has 0 radical (unpaired) electrons. The van der Waals surface area contributed by atoms with Crippen molar-refractivity contribution in [2.24, 2.45) is 0 Å². The summed E-state index contributed by atoms with van der Waals surface area (Å²) in [5, 5.41) is 12.2. The fourth-order valence-corrected chi connectivity index (χ4v) is 2.44. The molecule has 1 heterocycles. The van der Waals surface area contributed by atoms with Crippen molar-refractivity contribution in [2.45, 2.75) is 18.9 Å². The highest BCUT2D eigenvalue weighted by Gasteiger charge is 2.20. The van der Waals surface area contributed by atoms with Crippen LogP contribution in [-0.4, -0.2) is 11.0 Å². The molecule has 3 rings (SSSR count). The van der Waals surface area contributed by atoms with Crippen LogP contribution in [0.1, 0.15) is 16.8 Å². The van der Waals surface area contributed by atoms with Crippen molar-refractivity contribution < 1.29 is 0 Å². The SMILES string of the molecule is N#Cc1ccc(NC2Cc3ccccc3C2)cn1. The molecule has 2 aromatic rings. The number of anilines is 1. The van der Waals surface area contributed by atoms with E-state index < -0.39 is 0 Å². The number of hydrogen-bond donors (Lipinski definition) is 1. The molecule has 1 aliphatic rings. The van der Waals surface area contributed by atoms with Gasteiger partial charge in [-0.25, -0.2) is 4.98 Å². The Morgan fingerprint density at radius 2 is 1.83 bits per heavy atom. The van der Waals surface area contributed by atoms with E-state index in [1.807, 2.05) is 12.1 Å².